The monoisotopic (exact) mass is 338 g/mol. The summed E-state index contributed by atoms with van der Waals surface area (Å²) in [6.45, 7) is 5.98. The number of nitrogens with zero attached hydrogens (tertiary/aromatic N) is 1. The zero-order valence-electron chi connectivity index (χ0n) is 13.3. The maximum absolute atomic E-state index is 11.6. The summed E-state index contributed by atoms with van der Waals surface area (Å²) < 4.78 is 5.09. The molecule has 0 radical (unpaired) electrons. The first-order chi connectivity index (χ1) is 10.6. The molecular formula is C17H23ClN2O3. The smallest absolute Gasteiger partial charge is 0.338 e. The number of halogens is 1. The molecule has 0 bridgehead atoms. The number of esters is 1. The van der Waals surface area contributed by atoms with Gasteiger partial charge in [0.15, 0.2) is 0 Å². The highest BCUT2D eigenvalue weighted by Crippen LogP contribution is 2.43. The number of aliphatic hydroxyl groups excluding tert-OH is 1. The van der Waals surface area contributed by atoms with Crippen LogP contribution in [-0.2, 0) is 11.3 Å². The van der Waals surface area contributed by atoms with Crippen LogP contribution in [0.15, 0.2) is 12.1 Å². The Labute approximate surface area is 142 Å². The van der Waals surface area contributed by atoms with Crippen molar-refractivity contribution >= 4 is 18.4 Å². The lowest BCUT2D eigenvalue weighted by Gasteiger charge is -2.38. The highest BCUT2D eigenvalue weighted by atomic mass is 35.5. The van der Waals surface area contributed by atoms with E-state index in [1.54, 1.807) is 6.07 Å². The Morgan fingerprint density at radius 2 is 2.22 bits per heavy atom. The lowest BCUT2D eigenvalue weighted by Crippen LogP contribution is -2.54. The van der Waals surface area contributed by atoms with Gasteiger partial charge in [-0.05, 0) is 37.0 Å². The van der Waals surface area contributed by atoms with Gasteiger partial charge in [-0.25, -0.2) is 4.79 Å². The van der Waals surface area contributed by atoms with Crippen molar-refractivity contribution < 1.29 is 14.6 Å². The van der Waals surface area contributed by atoms with Gasteiger partial charge in [0.1, 0.15) is 6.61 Å². The Bertz CT molecular complexity index is 631. The van der Waals surface area contributed by atoms with Gasteiger partial charge in [-0.2, -0.15) is 0 Å². The van der Waals surface area contributed by atoms with Crippen LogP contribution in [0.25, 0.3) is 0 Å². The number of ether oxygens (including phenoxy) is 1. The van der Waals surface area contributed by atoms with Crippen molar-refractivity contribution in [1.29, 1.82) is 0 Å². The van der Waals surface area contributed by atoms with E-state index in [1.165, 1.54) is 12.8 Å². The Kier molecular flexibility index (Phi) is 4.40. The Hall–Kier alpha value is -1.14. The molecule has 0 aromatic heterocycles. The molecule has 2 aliphatic heterocycles. The van der Waals surface area contributed by atoms with Crippen LogP contribution in [0.3, 0.4) is 0 Å². The molecule has 1 atom stereocenters. The third-order valence-corrected chi connectivity index (χ3v) is 5.47. The molecule has 1 spiro atoms. The summed E-state index contributed by atoms with van der Waals surface area (Å²) in [5.74, 6) is -0.252. The summed E-state index contributed by atoms with van der Waals surface area (Å²) in [5.41, 5.74) is 3.78. The minimum Gasteiger partial charge on any atom is -0.457 e. The molecule has 1 saturated heterocycles. The molecular weight excluding hydrogens is 316 g/mol. The average molecular weight is 339 g/mol. The van der Waals surface area contributed by atoms with Gasteiger partial charge in [-0.1, -0.05) is 6.07 Å². The quantitative estimate of drug-likeness (QED) is 0.819. The normalized spacial score (nSPS) is 23.1. The van der Waals surface area contributed by atoms with Crippen LogP contribution < -0.4 is 5.32 Å². The van der Waals surface area contributed by atoms with Crippen LogP contribution in [0, 0.1) is 6.92 Å². The minimum absolute atomic E-state index is 0. The predicted octanol–water partition coefficient (Wildman–Crippen LogP) is 1.56. The largest absolute Gasteiger partial charge is 0.457 e. The molecule has 23 heavy (non-hydrogen) atoms. The number of nitrogens with one attached hydrogen (secondary N) is 1. The first-order valence-corrected chi connectivity index (χ1v) is 8.04. The number of benzene rings is 1. The first kappa shape index (κ1) is 16.7. The van der Waals surface area contributed by atoms with Crippen LogP contribution in [0.1, 0.15) is 46.0 Å². The van der Waals surface area contributed by atoms with Crippen LogP contribution >= 0.6 is 12.4 Å². The van der Waals surface area contributed by atoms with Gasteiger partial charge < -0.3 is 15.2 Å². The van der Waals surface area contributed by atoms with Gasteiger partial charge in [0, 0.05) is 37.3 Å². The highest BCUT2D eigenvalue weighted by molar-refractivity contribution is 5.93. The van der Waals surface area contributed by atoms with E-state index < -0.39 is 6.10 Å². The first-order valence-electron chi connectivity index (χ1n) is 8.04. The summed E-state index contributed by atoms with van der Waals surface area (Å²) in [6, 6.07) is 3.67. The molecule has 2 fully saturated rings. The molecule has 5 nitrogen and oxygen atoms in total. The zero-order chi connectivity index (χ0) is 15.3. The minimum atomic E-state index is -0.517. The van der Waals surface area contributed by atoms with Crippen LogP contribution in [0.2, 0.25) is 0 Å². The number of rotatable bonds is 3. The van der Waals surface area contributed by atoms with Gasteiger partial charge >= 0.3 is 5.97 Å². The molecule has 4 rings (SSSR count). The summed E-state index contributed by atoms with van der Waals surface area (Å²) in [4.78, 5) is 14.0. The number of hydrogen-bond donors (Lipinski definition) is 2. The fourth-order valence-corrected chi connectivity index (χ4v) is 3.84. The highest BCUT2D eigenvalue weighted by Gasteiger charge is 2.49. The van der Waals surface area contributed by atoms with Gasteiger partial charge in [0.2, 0.25) is 0 Å². The molecule has 2 heterocycles. The van der Waals surface area contributed by atoms with E-state index in [1.807, 2.05) is 13.0 Å². The number of fused-ring (bicyclic) bond motifs is 1. The maximum atomic E-state index is 11.6. The molecule has 3 aliphatic rings. The second-order valence-corrected chi connectivity index (χ2v) is 6.74. The molecule has 0 unspecified atom stereocenters. The average Bonchev–Trinajstić information content (AvgIpc) is 3.18. The van der Waals surface area contributed by atoms with Crippen molar-refractivity contribution in [3.63, 3.8) is 0 Å². The SMILES string of the molecule is Cc1c([C@@H](O)CN2CCNCC23CC3)ccc2c1COC2=O.Cl. The Balaban J connectivity index is 0.00000156. The van der Waals surface area contributed by atoms with Crippen molar-refractivity contribution in [3.8, 4) is 0 Å². The Morgan fingerprint density at radius 3 is 2.96 bits per heavy atom. The van der Waals surface area contributed by atoms with E-state index in [0.717, 1.165) is 36.3 Å². The summed E-state index contributed by atoms with van der Waals surface area (Å²) in [5, 5.41) is 14.2. The number of hydrogen-bond acceptors (Lipinski definition) is 5. The van der Waals surface area contributed by atoms with Crippen molar-refractivity contribution in [2.24, 2.45) is 0 Å². The second-order valence-electron chi connectivity index (χ2n) is 6.74. The van der Waals surface area contributed by atoms with Gasteiger partial charge in [-0.15, -0.1) is 12.4 Å². The predicted molar refractivity (Wildman–Crippen MR) is 88.9 cm³/mol. The summed E-state index contributed by atoms with van der Waals surface area (Å²) >= 11 is 0. The fraction of sp³-hybridized carbons (Fsp3) is 0.588. The fourth-order valence-electron chi connectivity index (χ4n) is 3.84. The van der Waals surface area contributed by atoms with E-state index >= 15 is 0 Å². The van der Waals surface area contributed by atoms with Crippen LogP contribution in [0.5, 0.6) is 0 Å². The lowest BCUT2D eigenvalue weighted by atomic mass is 9.94. The Morgan fingerprint density at radius 1 is 1.43 bits per heavy atom. The molecule has 126 valence electrons. The molecule has 6 heteroatoms. The number of carbonyl (C=O) groups is 1. The van der Waals surface area contributed by atoms with Crippen molar-refractivity contribution in [2.75, 3.05) is 26.2 Å². The van der Waals surface area contributed by atoms with Crippen molar-refractivity contribution in [2.45, 2.75) is 38.0 Å². The van der Waals surface area contributed by atoms with E-state index in [9.17, 15) is 9.90 Å². The topological polar surface area (TPSA) is 61.8 Å². The molecule has 1 aromatic carbocycles. The third-order valence-electron chi connectivity index (χ3n) is 5.47. The molecule has 0 amide bonds. The number of carbonyl (C=O) groups excluding carboxylic acids is 1. The molecule has 2 N–H and O–H groups in total. The van der Waals surface area contributed by atoms with Gasteiger partial charge in [0.25, 0.3) is 0 Å². The van der Waals surface area contributed by atoms with E-state index in [0.29, 0.717) is 18.7 Å². The number of aliphatic hydroxyl groups is 1. The van der Waals surface area contributed by atoms with Crippen LogP contribution in [0.4, 0.5) is 0 Å². The molecule has 1 aromatic rings. The molecule has 1 saturated carbocycles. The number of cyclic esters (lactones) is 1. The van der Waals surface area contributed by atoms with E-state index in [-0.39, 0.29) is 23.9 Å². The number of piperazine rings is 1. The van der Waals surface area contributed by atoms with Crippen LogP contribution in [-0.4, -0.2) is 47.7 Å². The van der Waals surface area contributed by atoms with Crippen molar-refractivity contribution in [3.05, 3.63) is 34.4 Å². The summed E-state index contributed by atoms with van der Waals surface area (Å²) in [7, 11) is 0. The lowest BCUT2D eigenvalue weighted by molar-refractivity contribution is 0.0534. The van der Waals surface area contributed by atoms with Crippen molar-refractivity contribution in [1.82, 2.24) is 10.2 Å². The van der Waals surface area contributed by atoms with E-state index in [4.69, 9.17) is 4.74 Å². The second kappa shape index (κ2) is 6.06. The van der Waals surface area contributed by atoms with E-state index in [2.05, 4.69) is 10.2 Å². The molecule has 1 aliphatic carbocycles. The third kappa shape index (κ3) is 2.76. The maximum Gasteiger partial charge on any atom is 0.338 e. The zero-order valence-corrected chi connectivity index (χ0v) is 14.1. The summed E-state index contributed by atoms with van der Waals surface area (Å²) in [6.07, 6.45) is 1.92. The standard InChI is InChI=1S/C17H22N2O3.ClH/c1-11-12(2-3-13-14(11)9-22-16(13)21)15(20)8-19-7-6-18-10-17(19)4-5-17;/h2-3,15,18,20H,4-10H2,1H3;1H/t15-;/m0./s1. The van der Waals surface area contributed by atoms with Gasteiger partial charge in [-0.3, -0.25) is 4.90 Å². The number of β-amino-alcohol motifs (C(OH)–C–C–N with tert-alkyl or cyclic N) is 1. The van der Waals surface area contributed by atoms with Gasteiger partial charge in [0.05, 0.1) is 11.7 Å².